The Bertz CT molecular complexity index is 519. The molecular formula is C13H16N2O2. The topological polar surface area (TPSA) is 46.3 Å². The Balaban J connectivity index is 1.99. The fourth-order valence-corrected chi connectivity index (χ4v) is 1.74. The van der Waals surface area contributed by atoms with E-state index < -0.39 is 0 Å². The summed E-state index contributed by atoms with van der Waals surface area (Å²) in [6, 6.07) is 5.98. The molecule has 0 unspecified atom stereocenters. The van der Waals surface area contributed by atoms with Crippen molar-refractivity contribution in [1.82, 2.24) is 9.88 Å². The Kier molecular flexibility index (Phi) is 3.54. The summed E-state index contributed by atoms with van der Waals surface area (Å²) in [5, 5.41) is 0. The largest absolute Gasteiger partial charge is 0.443 e. The molecule has 1 heterocycles. The van der Waals surface area contributed by atoms with Crippen molar-refractivity contribution in [2.24, 2.45) is 0 Å². The predicted octanol–water partition coefficient (Wildman–Crippen LogP) is 2.24. The highest BCUT2D eigenvalue weighted by atomic mass is 16.3. The summed E-state index contributed by atoms with van der Waals surface area (Å²) in [6.45, 7) is 3.21. The van der Waals surface area contributed by atoms with Crippen LogP contribution in [-0.2, 0) is 11.3 Å². The second kappa shape index (κ2) is 5.10. The molecule has 1 aromatic carbocycles. The van der Waals surface area contributed by atoms with Crippen LogP contribution in [0.2, 0.25) is 0 Å². The first-order valence-corrected chi connectivity index (χ1v) is 5.65. The number of nitrogens with zero attached hydrogens (tertiary/aromatic N) is 2. The van der Waals surface area contributed by atoms with Crippen molar-refractivity contribution in [3.05, 3.63) is 30.2 Å². The highest BCUT2D eigenvalue weighted by Gasteiger charge is 2.04. The molecule has 0 aliphatic rings. The molecular weight excluding hydrogens is 216 g/mol. The van der Waals surface area contributed by atoms with Gasteiger partial charge in [-0.2, -0.15) is 0 Å². The Labute approximate surface area is 100 Å². The number of carbonyl (C=O) groups excluding carboxylic acids is 1. The zero-order valence-corrected chi connectivity index (χ0v) is 10.1. The smallest absolute Gasteiger partial charge is 0.181 e. The van der Waals surface area contributed by atoms with Crippen LogP contribution in [0.25, 0.3) is 11.1 Å². The molecule has 0 fully saturated rings. The number of oxazole rings is 1. The minimum absolute atomic E-state index is 0.225. The second-order valence-electron chi connectivity index (χ2n) is 4.34. The lowest BCUT2D eigenvalue weighted by Crippen LogP contribution is -2.20. The molecule has 0 N–H and O–H groups in total. The van der Waals surface area contributed by atoms with Crippen molar-refractivity contribution in [3.8, 4) is 0 Å². The molecule has 2 aromatic rings. The normalized spacial score (nSPS) is 11.2. The summed E-state index contributed by atoms with van der Waals surface area (Å²) in [4.78, 5) is 17.1. The minimum Gasteiger partial charge on any atom is -0.443 e. The Morgan fingerprint density at radius 3 is 3.06 bits per heavy atom. The quantitative estimate of drug-likeness (QED) is 0.793. The van der Waals surface area contributed by atoms with Crippen molar-refractivity contribution >= 4 is 16.9 Å². The van der Waals surface area contributed by atoms with E-state index in [1.807, 2.05) is 25.2 Å². The third kappa shape index (κ3) is 3.14. The van der Waals surface area contributed by atoms with Crippen LogP contribution >= 0.6 is 0 Å². The Hall–Kier alpha value is -1.68. The molecule has 0 saturated carbocycles. The molecule has 90 valence electrons. The van der Waals surface area contributed by atoms with E-state index in [-0.39, 0.29) is 5.78 Å². The lowest BCUT2D eigenvalue weighted by molar-refractivity contribution is -0.117. The number of rotatable bonds is 5. The van der Waals surface area contributed by atoms with Gasteiger partial charge in [0.2, 0.25) is 0 Å². The van der Waals surface area contributed by atoms with Crippen molar-refractivity contribution in [1.29, 1.82) is 0 Å². The third-order valence-corrected chi connectivity index (χ3v) is 2.69. The summed E-state index contributed by atoms with van der Waals surface area (Å²) < 4.78 is 5.25. The first-order valence-electron chi connectivity index (χ1n) is 5.65. The molecule has 17 heavy (non-hydrogen) atoms. The van der Waals surface area contributed by atoms with Gasteiger partial charge in [0.25, 0.3) is 0 Å². The van der Waals surface area contributed by atoms with Gasteiger partial charge in [-0.15, -0.1) is 0 Å². The van der Waals surface area contributed by atoms with Crippen molar-refractivity contribution < 1.29 is 9.21 Å². The number of fused-ring (bicyclic) bond motifs is 1. The van der Waals surface area contributed by atoms with E-state index in [1.165, 1.54) is 12.0 Å². The van der Waals surface area contributed by atoms with Crippen LogP contribution in [0.3, 0.4) is 0 Å². The second-order valence-corrected chi connectivity index (χ2v) is 4.34. The molecule has 0 aliphatic carbocycles. The van der Waals surface area contributed by atoms with E-state index in [1.54, 1.807) is 6.92 Å². The van der Waals surface area contributed by atoms with E-state index in [0.717, 1.165) is 24.2 Å². The Morgan fingerprint density at radius 1 is 1.47 bits per heavy atom. The van der Waals surface area contributed by atoms with Gasteiger partial charge in [-0.3, -0.25) is 4.79 Å². The summed E-state index contributed by atoms with van der Waals surface area (Å²) >= 11 is 0. The zero-order valence-electron chi connectivity index (χ0n) is 10.1. The fourth-order valence-electron chi connectivity index (χ4n) is 1.74. The minimum atomic E-state index is 0.225. The van der Waals surface area contributed by atoms with Crippen molar-refractivity contribution in [3.63, 3.8) is 0 Å². The Morgan fingerprint density at radius 2 is 2.29 bits per heavy atom. The average molecular weight is 232 g/mol. The lowest BCUT2D eigenvalue weighted by Gasteiger charge is -2.15. The summed E-state index contributed by atoms with van der Waals surface area (Å²) in [7, 11) is 2.01. The van der Waals surface area contributed by atoms with Crippen LogP contribution in [-0.4, -0.2) is 29.3 Å². The number of ketones is 1. The first-order chi connectivity index (χ1) is 8.15. The molecule has 1 aromatic heterocycles. The van der Waals surface area contributed by atoms with Gasteiger partial charge in [-0.1, -0.05) is 6.07 Å². The molecule has 0 atom stereocenters. The van der Waals surface area contributed by atoms with Crippen LogP contribution in [0.4, 0.5) is 0 Å². The maximum atomic E-state index is 10.9. The van der Waals surface area contributed by atoms with Gasteiger partial charge in [-0.05, 0) is 31.7 Å². The number of hydrogen-bond acceptors (Lipinski definition) is 4. The molecule has 4 heteroatoms. The van der Waals surface area contributed by atoms with Crippen molar-refractivity contribution in [2.45, 2.75) is 19.9 Å². The monoisotopic (exact) mass is 232 g/mol. The van der Waals surface area contributed by atoms with Gasteiger partial charge < -0.3 is 9.32 Å². The predicted molar refractivity (Wildman–Crippen MR) is 65.6 cm³/mol. The average Bonchev–Trinajstić information content (AvgIpc) is 2.73. The van der Waals surface area contributed by atoms with E-state index in [2.05, 4.69) is 9.88 Å². The highest BCUT2D eigenvalue weighted by molar-refractivity contribution is 5.75. The summed E-state index contributed by atoms with van der Waals surface area (Å²) in [5.41, 5.74) is 2.85. The van der Waals surface area contributed by atoms with Crippen LogP contribution in [0.15, 0.2) is 29.0 Å². The van der Waals surface area contributed by atoms with Gasteiger partial charge in [0, 0.05) is 19.5 Å². The van der Waals surface area contributed by atoms with Gasteiger partial charge >= 0.3 is 0 Å². The zero-order chi connectivity index (χ0) is 12.3. The molecule has 0 aliphatic heterocycles. The molecule has 0 amide bonds. The van der Waals surface area contributed by atoms with Crippen LogP contribution < -0.4 is 0 Å². The molecule has 0 spiro atoms. The maximum absolute atomic E-state index is 10.9. The van der Waals surface area contributed by atoms with E-state index in [4.69, 9.17) is 4.42 Å². The summed E-state index contributed by atoms with van der Waals surface area (Å²) in [6.07, 6.45) is 2.05. The number of carbonyl (C=O) groups is 1. The van der Waals surface area contributed by atoms with Crippen LogP contribution in [0.1, 0.15) is 18.9 Å². The summed E-state index contributed by atoms with van der Waals surface area (Å²) in [5.74, 6) is 0.225. The first kappa shape index (κ1) is 11.8. The lowest BCUT2D eigenvalue weighted by atomic mass is 10.2. The van der Waals surface area contributed by atoms with E-state index in [9.17, 15) is 4.79 Å². The molecule has 2 rings (SSSR count). The van der Waals surface area contributed by atoms with Crippen LogP contribution in [0, 0.1) is 0 Å². The van der Waals surface area contributed by atoms with Crippen molar-refractivity contribution in [2.75, 3.05) is 13.6 Å². The maximum Gasteiger partial charge on any atom is 0.181 e. The SMILES string of the molecule is CC(=O)CCN(C)Cc1ccc2ncoc2c1. The van der Waals surface area contributed by atoms with Gasteiger partial charge in [0.05, 0.1) is 0 Å². The fraction of sp³-hybridized carbons (Fsp3) is 0.385. The van der Waals surface area contributed by atoms with Gasteiger partial charge in [0.1, 0.15) is 11.3 Å². The number of aromatic nitrogens is 1. The highest BCUT2D eigenvalue weighted by Crippen LogP contribution is 2.15. The van der Waals surface area contributed by atoms with E-state index >= 15 is 0 Å². The van der Waals surface area contributed by atoms with Gasteiger partial charge in [0.15, 0.2) is 12.0 Å². The van der Waals surface area contributed by atoms with E-state index in [0.29, 0.717) is 6.42 Å². The third-order valence-electron chi connectivity index (χ3n) is 2.69. The van der Waals surface area contributed by atoms with Gasteiger partial charge in [-0.25, -0.2) is 4.98 Å². The number of benzene rings is 1. The molecule has 4 nitrogen and oxygen atoms in total. The number of hydrogen-bond donors (Lipinski definition) is 0. The molecule has 0 saturated heterocycles. The standard InChI is InChI=1S/C13H16N2O2/c1-10(16)5-6-15(2)8-11-3-4-12-13(7-11)17-9-14-12/h3-4,7,9H,5-6,8H2,1-2H3. The molecule has 0 bridgehead atoms. The van der Waals surface area contributed by atoms with Crippen LogP contribution in [0.5, 0.6) is 0 Å². The number of Topliss-reactive ketones (excluding diaryl/α,β-unsaturated/α-hetero) is 1. The molecule has 0 radical (unpaired) electrons.